The number of alkyl carbamates (subject to hydrolysis) is 1. The third-order valence-corrected chi connectivity index (χ3v) is 11.7. The Labute approximate surface area is 343 Å². The van der Waals surface area contributed by atoms with Crippen molar-refractivity contribution in [3.63, 3.8) is 0 Å². The molecule has 5 heterocycles. The van der Waals surface area contributed by atoms with E-state index in [1.165, 1.54) is 7.11 Å². The Morgan fingerprint density at radius 1 is 0.932 bits per heavy atom. The summed E-state index contributed by atoms with van der Waals surface area (Å²) in [6.07, 6.45) is 3.90. The van der Waals surface area contributed by atoms with Gasteiger partial charge < -0.3 is 49.7 Å². The minimum atomic E-state index is -1.09. The van der Waals surface area contributed by atoms with Gasteiger partial charge in [0, 0.05) is 37.7 Å². The minimum Gasteiger partial charge on any atom is -0.465 e. The number of carboxylic acid groups (broad SMARTS) is 1. The number of methoxy groups -OCH3 is 1. The first kappa shape index (κ1) is 41.4. The van der Waals surface area contributed by atoms with Gasteiger partial charge in [0.1, 0.15) is 17.7 Å². The molecule has 3 fully saturated rings. The van der Waals surface area contributed by atoms with Crippen molar-refractivity contribution in [1.82, 2.24) is 40.4 Å². The van der Waals surface area contributed by atoms with Gasteiger partial charge in [0.15, 0.2) is 5.79 Å². The summed E-state index contributed by atoms with van der Waals surface area (Å²) in [5.74, 6) is -0.231. The molecule has 2 aromatic carbocycles. The third-order valence-electron chi connectivity index (χ3n) is 11.7. The van der Waals surface area contributed by atoms with Crippen LogP contribution in [-0.4, -0.2) is 110 Å². The molecule has 0 radical (unpaired) electrons. The highest BCUT2D eigenvalue weighted by atomic mass is 16.8. The van der Waals surface area contributed by atoms with Crippen molar-refractivity contribution in [1.29, 1.82) is 0 Å². The zero-order valence-electron chi connectivity index (χ0n) is 34.4. The summed E-state index contributed by atoms with van der Waals surface area (Å²) >= 11 is 0. The van der Waals surface area contributed by atoms with E-state index in [2.05, 4.69) is 44.9 Å². The molecule has 0 aliphatic carbocycles. The number of benzene rings is 2. The van der Waals surface area contributed by atoms with E-state index >= 15 is 0 Å². The standard InChI is InChI=1S/C43H54N8O8/c1-24(2)37(49-42(56)57-6)40(53)51-23-43(58-26(4)27(5)59-43)19-35(51)39-45-22-33(48-39)31-15-11-29(12-16-31)28-9-13-30(14-10-28)32-21-44-38(47-32)34-8-7-17-50(34)36(52)18-25(3)20-46-41(54)55/h9-16,21-22,24-27,34-35,37,46H,7-8,17-20,23H2,1-6H3,(H,44,47)(H,45,48)(H,49,56)(H,54,55)/t25?,26-,27-,34-,35-,37-/m0/s1. The summed E-state index contributed by atoms with van der Waals surface area (Å²) in [6.45, 7) is 10.6. The van der Waals surface area contributed by atoms with Crippen molar-refractivity contribution >= 4 is 24.0 Å². The number of imidazole rings is 2. The van der Waals surface area contributed by atoms with E-state index < -0.39 is 30.1 Å². The number of nitrogens with zero attached hydrogens (tertiary/aromatic N) is 4. The molecule has 7 rings (SSSR count). The van der Waals surface area contributed by atoms with Crippen molar-refractivity contribution in [2.24, 2.45) is 11.8 Å². The Morgan fingerprint density at radius 3 is 2.20 bits per heavy atom. The first-order valence-corrected chi connectivity index (χ1v) is 20.3. The molecule has 3 aliphatic rings. The Balaban J connectivity index is 1.02. The van der Waals surface area contributed by atoms with Gasteiger partial charge in [-0.2, -0.15) is 0 Å². The van der Waals surface area contributed by atoms with E-state index in [-0.39, 0.29) is 61.4 Å². The molecular formula is C43H54N8O8. The van der Waals surface area contributed by atoms with Crippen molar-refractivity contribution in [2.45, 2.75) is 96.4 Å². The highest BCUT2D eigenvalue weighted by Gasteiger charge is 2.55. The molecule has 5 N–H and O–H groups in total. The van der Waals surface area contributed by atoms with Gasteiger partial charge >= 0.3 is 12.2 Å². The number of aromatic nitrogens is 4. The highest BCUT2D eigenvalue weighted by Crippen LogP contribution is 2.45. The number of carbonyl (C=O) groups is 4. The van der Waals surface area contributed by atoms with Gasteiger partial charge in [0.2, 0.25) is 11.8 Å². The lowest BCUT2D eigenvalue weighted by atomic mass is 10.0. The second kappa shape index (κ2) is 17.2. The fourth-order valence-corrected chi connectivity index (χ4v) is 8.34. The van der Waals surface area contributed by atoms with E-state index in [1.54, 1.807) is 11.1 Å². The van der Waals surface area contributed by atoms with Crippen molar-refractivity contribution in [3.05, 3.63) is 72.6 Å². The highest BCUT2D eigenvalue weighted by molar-refractivity contribution is 5.86. The lowest BCUT2D eigenvalue weighted by Crippen LogP contribution is -2.52. The lowest BCUT2D eigenvalue weighted by molar-refractivity contribution is -0.166. The van der Waals surface area contributed by atoms with Crippen LogP contribution in [-0.2, 0) is 23.8 Å². The van der Waals surface area contributed by atoms with Crippen LogP contribution in [0.2, 0.25) is 0 Å². The molecule has 6 atom stereocenters. The summed E-state index contributed by atoms with van der Waals surface area (Å²) in [5, 5.41) is 14.0. The monoisotopic (exact) mass is 810 g/mol. The normalized spacial score (nSPS) is 22.2. The molecule has 3 saturated heterocycles. The quantitative estimate of drug-likeness (QED) is 0.109. The van der Waals surface area contributed by atoms with E-state index in [1.807, 2.05) is 70.0 Å². The second-order valence-electron chi connectivity index (χ2n) is 16.3. The second-order valence-corrected chi connectivity index (χ2v) is 16.3. The van der Waals surface area contributed by atoms with Crippen LogP contribution >= 0.6 is 0 Å². The summed E-state index contributed by atoms with van der Waals surface area (Å²) in [6, 6.07) is 14.9. The van der Waals surface area contributed by atoms with Crippen LogP contribution in [0.4, 0.5) is 9.59 Å². The fraction of sp³-hybridized carbons (Fsp3) is 0.488. The van der Waals surface area contributed by atoms with Gasteiger partial charge in [-0.25, -0.2) is 19.6 Å². The topological polar surface area (TPSA) is 204 Å². The van der Waals surface area contributed by atoms with Crippen LogP contribution in [0.25, 0.3) is 33.6 Å². The summed E-state index contributed by atoms with van der Waals surface area (Å²) in [4.78, 5) is 70.2. The van der Waals surface area contributed by atoms with Gasteiger partial charge in [-0.15, -0.1) is 0 Å². The maximum atomic E-state index is 14.1. The number of ether oxygens (including phenoxy) is 3. The SMILES string of the molecule is COC(=O)N[C@H](C(=O)N1CC2(C[C@H]1c1ncc(-c3ccc(-c4ccc(-c5c[nH]c([C@@H]6CCCN6C(=O)CC(C)CNC(=O)O)n5)cc4)cc3)[nH]1)O[C@@H](C)[C@H](C)O2)C(C)C. The smallest absolute Gasteiger partial charge is 0.407 e. The minimum absolute atomic E-state index is 0.00103. The summed E-state index contributed by atoms with van der Waals surface area (Å²) < 4.78 is 17.5. The molecule has 0 saturated carbocycles. The average Bonchev–Trinajstić information content (AvgIpc) is 4.07. The molecule has 4 amide bonds. The van der Waals surface area contributed by atoms with Crippen LogP contribution < -0.4 is 10.6 Å². The average molecular weight is 811 g/mol. The molecule has 59 heavy (non-hydrogen) atoms. The zero-order chi connectivity index (χ0) is 42.0. The van der Waals surface area contributed by atoms with Crippen molar-refractivity contribution in [2.75, 3.05) is 26.7 Å². The predicted octanol–water partition coefficient (Wildman–Crippen LogP) is 6.27. The van der Waals surface area contributed by atoms with Gasteiger partial charge in [0.05, 0.1) is 55.5 Å². The predicted molar refractivity (Wildman–Crippen MR) is 218 cm³/mol. The Kier molecular flexibility index (Phi) is 12.1. The molecule has 1 unspecified atom stereocenters. The van der Waals surface area contributed by atoms with E-state index in [9.17, 15) is 19.2 Å². The number of H-pyrrole nitrogens is 2. The molecule has 1 spiro atoms. The summed E-state index contributed by atoms with van der Waals surface area (Å²) in [5.41, 5.74) is 5.51. The summed E-state index contributed by atoms with van der Waals surface area (Å²) in [7, 11) is 1.27. The molecule has 314 valence electrons. The Morgan fingerprint density at radius 2 is 1.58 bits per heavy atom. The van der Waals surface area contributed by atoms with Gasteiger partial charge in [-0.3, -0.25) is 9.59 Å². The number of carbonyl (C=O) groups excluding carboxylic acids is 3. The van der Waals surface area contributed by atoms with Crippen LogP contribution in [0, 0.1) is 11.8 Å². The fourth-order valence-electron chi connectivity index (χ4n) is 8.34. The first-order chi connectivity index (χ1) is 28.2. The van der Waals surface area contributed by atoms with Gasteiger partial charge in [-0.1, -0.05) is 69.3 Å². The number of hydrogen-bond donors (Lipinski definition) is 5. The van der Waals surface area contributed by atoms with Crippen LogP contribution in [0.15, 0.2) is 60.9 Å². The third kappa shape index (κ3) is 8.98. The number of amides is 4. The molecule has 3 aliphatic heterocycles. The molecule has 16 nitrogen and oxygen atoms in total. The number of hydrogen-bond acceptors (Lipinski definition) is 9. The maximum absolute atomic E-state index is 14.1. The molecular weight excluding hydrogens is 757 g/mol. The largest absolute Gasteiger partial charge is 0.465 e. The van der Waals surface area contributed by atoms with E-state index in [4.69, 9.17) is 29.3 Å². The molecule has 2 aromatic heterocycles. The van der Waals surface area contributed by atoms with Gasteiger partial charge in [0.25, 0.3) is 0 Å². The van der Waals surface area contributed by atoms with Crippen LogP contribution in [0.5, 0.6) is 0 Å². The van der Waals surface area contributed by atoms with Gasteiger partial charge in [-0.05, 0) is 55.2 Å². The van der Waals surface area contributed by atoms with Crippen LogP contribution in [0.3, 0.4) is 0 Å². The zero-order valence-corrected chi connectivity index (χ0v) is 34.4. The lowest BCUT2D eigenvalue weighted by Gasteiger charge is -2.30. The molecule has 0 bridgehead atoms. The Hall–Kier alpha value is -5.74. The van der Waals surface area contributed by atoms with Crippen molar-refractivity contribution < 1.29 is 38.5 Å². The van der Waals surface area contributed by atoms with Crippen molar-refractivity contribution in [3.8, 4) is 33.6 Å². The van der Waals surface area contributed by atoms with E-state index in [0.717, 1.165) is 52.3 Å². The first-order valence-electron chi connectivity index (χ1n) is 20.3. The number of aromatic amines is 2. The van der Waals surface area contributed by atoms with Crippen LogP contribution in [0.1, 0.15) is 84.0 Å². The maximum Gasteiger partial charge on any atom is 0.407 e. The number of likely N-dealkylation sites (tertiary alicyclic amines) is 2. The Bertz CT molecular complexity index is 2120. The van der Waals surface area contributed by atoms with E-state index in [0.29, 0.717) is 18.8 Å². The number of rotatable bonds is 12. The number of nitrogens with one attached hydrogen (secondary N) is 4. The molecule has 4 aromatic rings. The molecule has 16 heteroatoms.